The van der Waals surface area contributed by atoms with Gasteiger partial charge in [0, 0.05) is 12.3 Å². The molecule has 0 aliphatic rings. The van der Waals surface area contributed by atoms with Crippen molar-refractivity contribution in [1.82, 2.24) is 4.98 Å². The fourth-order valence-electron chi connectivity index (χ4n) is 1.65. The summed E-state index contributed by atoms with van der Waals surface area (Å²) in [6, 6.07) is 13.4. The van der Waals surface area contributed by atoms with Gasteiger partial charge in [-0.3, -0.25) is 0 Å². The first-order valence-electron chi connectivity index (χ1n) is 6.13. The van der Waals surface area contributed by atoms with Gasteiger partial charge in [0.1, 0.15) is 11.8 Å². The Morgan fingerprint density at radius 2 is 1.74 bits per heavy atom. The first kappa shape index (κ1) is 13.1. The highest BCUT2D eigenvalue weighted by atomic mass is 16.5. The van der Waals surface area contributed by atoms with Crippen molar-refractivity contribution in [3.05, 3.63) is 53.7 Å². The molecule has 0 amide bonds. The van der Waals surface area contributed by atoms with Crippen LogP contribution in [0.1, 0.15) is 31.9 Å². The summed E-state index contributed by atoms with van der Waals surface area (Å²) in [5.74, 6) is 1.23. The number of aromatic nitrogens is 1. The monoisotopic (exact) mass is 252 g/mol. The van der Waals surface area contributed by atoms with Crippen molar-refractivity contribution >= 4 is 0 Å². The molecule has 19 heavy (non-hydrogen) atoms. The Balaban J connectivity index is 2.13. The molecular formula is C16H16N2O. The topological polar surface area (TPSA) is 45.9 Å². The van der Waals surface area contributed by atoms with Gasteiger partial charge in [-0.25, -0.2) is 4.98 Å². The number of pyridine rings is 1. The van der Waals surface area contributed by atoms with Crippen LogP contribution in [0.15, 0.2) is 42.6 Å². The van der Waals surface area contributed by atoms with Crippen LogP contribution in [0.5, 0.6) is 11.6 Å². The number of hydrogen-bond acceptors (Lipinski definition) is 3. The minimum Gasteiger partial charge on any atom is -0.439 e. The molecule has 0 radical (unpaired) electrons. The van der Waals surface area contributed by atoms with Crippen LogP contribution in [0.4, 0.5) is 0 Å². The fourth-order valence-corrected chi connectivity index (χ4v) is 1.65. The van der Waals surface area contributed by atoms with E-state index in [2.05, 4.69) is 37.9 Å². The highest BCUT2D eigenvalue weighted by Crippen LogP contribution is 2.26. The lowest BCUT2D eigenvalue weighted by molar-refractivity contribution is 0.462. The molecule has 1 heterocycles. The lowest BCUT2D eigenvalue weighted by atomic mass is 9.87. The Morgan fingerprint density at radius 3 is 2.21 bits per heavy atom. The van der Waals surface area contributed by atoms with Gasteiger partial charge in [0.25, 0.3) is 0 Å². The third-order valence-corrected chi connectivity index (χ3v) is 2.81. The van der Waals surface area contributed by atoms with Crippen LogP contribution >= 0.6 is 0 Å². The smallest absolute Gasteiger partial charge is 0.219 e. The molecule has 0 aliphatic heterocycles. The number of nitriles is 1. The van der Waals surface area contributed by atoms with Crippen LogP contribution in [0.2, 0.25) is 0 Å². The Hall–Kier alpha value is -2.34. The first-order valence-corrected chi connectivity index (χ1v) is 6.13. The van der Waals surface area contributed by atoms with Crippen molar-refractivity contribution in [2.24, 2.45) is 0 Å². The third kappa shape index (κ3) is 3.32. The van der Waals surface area contributed by atoms with E-state index in [1.807, 2.05) is 18.2 Å². The van der Waals surface area contributed by atoms with Gasteiger partial charge in [-0.1, -0.05) is 32.9 Å². The molecule has 3 heteroatoms. The first-order chi connectivity index (χ1) is 8.99. The molecule has 0 atom stereocenters. The summed E-state index contributed by atoms with van der Waals surface area (Å²) in [5.41, 5.74) is 1.91. The van der Waals surface area contributed by atoms with Gasteiger partial charge in [-0.2, -0.15) is 5.26 Å². The molecule has 0 N–H and O–H groups in total. The quantitative estimate of drug-likeness (QED) is 0.810. The summed E-state index contributed by atoms with van der Waals surface area (Å²) < 4.78 is 5.62. The minimum atomic E-state index is 0.130. The van der Waals surface area contributed by atoms with Crippen LogP contribution in [0.25, 0.3) is 0 Å². The molecule has 1 aromatic heterocycles. The molecule has 0 aliphatic carbocycles. The summed E-state index contributed by atoms with van der Waals surface area (Å²) >= 11 is 0. The lowest BCUT2D eigenvalue weighted by Crippen LogP contribution is -2.10. The summed E-state index contributed by atoms with van der Waals surface area (Å²) in [6.45, 7) is 6.51. The molecule has 0 saturated carbocycles. The maximum atomic E-state index is 8.69. The van der Waals surface area contributed by atoms with Crippen molar-refractivity contribution in [2.75, 3.05) is 0 Å². The van der Waals surface area contributed by atoms with Crippen molar-refractivity contribution in [3.8, 4) is 17.7 Å². The van der Waals surface area contributed by atoms with Gasteiger partial charge >= 0.3 is 0 Å². The largest absolute Gasteiger partial charge is 0.439 e. The van der Waals surface area contributed by atoms with E-state index in [9.17, 15) is 0 Å². The molecule has 0 spiro atoms. The van der Waals surface area contributed by atoms with Crippen LogP contribution in [0, 0.1) is 11.3 Å². The Kier molecular flexibility index (Phi) is 3.52. The lowest BCUT2D eigenvalue weighted by Gasteiger charge is -2.19. The SMILES string of the molecule is CC(C)(C)c1ccc(Oc2ccc(C#N)cn2)cc1. The fraction of sp³-hybridized carbons (Fsp3) is 0.250. The predicted octanol–water partition coefficient (Wildman–Crippen LogP) is 4.04. The number of hydrogen-bond donors (Lipinski definition) is 0. The van der Waals surface area contributed by atoms with Crippen molar-refractivity contribution in [2.45, 2.75) is 26.2 Å². The van der Waals surface area contributed by atoms with E-state index >= 15 is 0 Å². The number of ether oxygens (including phenoxy) is 1. The van der Waals surface area contributed by atoms with Crippen molar-refractivity contribution in [1.29, 1.82) is 5.26 Å². The van der Waals surface area contributed by atoms with E-state index in [1.165, 1.54) is 11.8 Å². The van der Waals surface area contributed by atoms with Gasteiger partial charge in [0.05, 0.1) is 5.56 Å². The highest BCUT2D eigenvalue weighted by molar-refractivity contribution is 5.34. The third-order valence-electron chi connectivity index (χ3n) is 2.81. The van der Waals surface area contributed by atoms with Gasteiger partial charge in [0.15, 0.2) is 0 Å². The summed E-state index contributed by atoms with van der Waals surface area (Å²) in [4.78, 5) is 4.07. The molecule has 0 bridgehead atoms. The minimum absolute atomic E-state index is 0.130. The van der Waals surface area contributed by atoms with Crippen LogP contribution < -0.4 is 4.74 Å². The molecule has 96 valence electrons. The molecule has 2 rings (SSSR count). The van der Waals surface area contributed by atoms with E-state index in [1.54, 1.807) is 12.1 Å². The molecule has 2 aromatic rings. The second-order valence-electron chi connectivity index (χ2n) is 5.37. The van der Waals surface area contributed by atoms with Gasteiger partial charge in [0.2, 0.25) is 5.88 Å². The van der Waals surface area contributed by atoms with E-state index in [0.29, 0.717) is 11.4 Å². The zero-order chi connectivity index (χ0) is 13.9. The molecule has 3 nitrogen and oxygen atoms in total. The standard InChI is InChI=1S/C16H16N2O/c1-16(2,3)13-5-7-14(8-6-13)19-15-9-4-12(10-17)11-18-15/h4-9,11H,1-3H3. The Bertz CT molecular complexity index is 587. The zero-order valence-corrected chi connectivity index (χ0v) is 11.3. The van der Waals surface area contributed by atoms with Crippen molar-refractivity contribution in [3.63, 3.8) is 0 Å². The van der Waals surface area contributed by atoms with E-state index in [-0.39, 0.29) is 5.41 Å². The second-order valence-corrected chi connectivity index (χ2v) is 5.37. The van der Waals surface area contributed by atoms with E-state index in [0.717, 1.165) is 5.75 Å². The number of benzene rings is 1. The molecule has 0 saturated heterocycles. The average molecular weight is 252 g/mol. The predicted molar refractivity (Wildman–Crippen MR) is 74.2 cm³/mol. The van der Waals surface area contributed by atoms with Gasteiger partial charge in [-0.05, 0) is 29.2 Å². The summed E-state index contributed by atoms with van der Waals surface area (Å²) in [6.07, 6.45) is 1.50. The number of rotatable bonds is 2. The second kappa shape index (κ2) is 5.11. The molecule has 0 unspecified atom stereocenters. The molecular weight excluding hydrogens is 236 g/mol. The maximum absolute atomic E-state index is 8.69. The number of nitrogens with zero attached hydrogens (tertiary/aromatic N) is 2. The van der Waals surface area contributed by atoms with Gasteiger partial charge in [-0.15, -0.1) is 0 Å². The van der Waals surface area contributed by atoms with E-state index < -0.39 is 0 Å². The van der Waals surface area contributed by atoms with E-state index in [4.69, 9.17) is 10.00 Å². The Labute approximate surface area is 113 Å². The maximum Gasteiger partial charge on any atom is 0.219 e. The van der Waals surface area contributed by atoms with Crippen LogP contribution in [-0.4, -0.2) is 4.98 Å². The highest BCUT2D eigenvalue weighted by Gasteiger charge is 2.13. The molecule has 1 aromatic carbocycles. The van der Waals surface area contributed by atoms with Crippen LogP contribution in [-0.2, 0) is 5.41 Å². The van der Waals surface area contributed by atoms with Crippen molar-refractivity contribution < 1.29 is 4.74 Å². The van der Waals surface area contributed by atoms with Gasteiger partial charge < -0.3 is 4.74 Å². The summed E-state index contributed by atoms with van der Waals surface area (Å²) in [5, 5.41) is 8.69. The normalized spacial score (nSPS) is 10.8. The average Bonchev–Trinajstić information content (AvgIpc) is 2.39. The zero-order valence-electron chi connectivity index (χ0n) is 11.3. The summed E-state index contributed by atoms with van der Waals surface area (Å²) in [7, 11) is 0. The molecule has 0 fully saturated rings. The van der Waals surface area contributed by atoms with Crippen LogP contribution in [0.3, 0.4) is 0 Å². The Morgan fingerprint density at radius 1 is 1.05 bits per heavy atom.